The Morgan fingerprint density at radius 2 is 2.05 bits per heavy atom. The number of carbonyl (C=O) groups excluding carboxylic acids is 3. The van der Waals surface area contributed by atoms with Crippen LogP contribution in [0.4, 0.5) is 0 Å². The van der Waals surface area contributed by atoms with Crippen LogP contribution in [0.2, 0.25) is 0 Å². The molecule has 0 aromatic carbocycles. The van der Waals surface area contributed by atoms with Gasteiger partial charge in [-0.15, -0.1) is 0 Å². The summed E-state index contributed by atoms with van der Waals surface area (Å²) in [5.41, 5.74) is 0. The van der Waals surface area contributed by atoms with Gasteiger partial charge in [0, 0.05) is 33.1 Å². The van der Waals surface area contributed by atoms with E-state index in [9.17, 15) is 14.4 Å². The average Bonchev–Trinajstić information content (AvgIpc) is 2.78. The van der Waals surface area contributed by atoms with Crippen LogP contribution in [0.25, 0.3) is 0 Å². The molecule has 20 heavy (non-hydrogen) atoms. The standard InChI is InChI=1S/C14H22N2O4/c1-3-20-14(19)10-5-4-6-16(9-10)13(18)11-7-12(17)15(2)8-11/h10-11H,3-9H2,1-2H3/t10-,11?/m1/s1. The summed E-state index contributed by atoms with van der Waals surface area (Å²) in [6.45, 7) is 3.72. The second-order valence-electron chi connectivity index (χ2n) is 5.55. The number of rotatable bonds is 3. The molecule has 2 aliphatic heterocycles. The van der Waals surface area contributed by atoms with E-state index in [0.29, 0.717) is 26.2 Å². The van der Waals surface area contributed by atoms with Crippen LogP contribution in [-0.4, -0.2) is 60.9 Å². The third-order valence-electron chi connectivity index (χ3n) is 4.04. The first-order valence-electron chi connectivity index (χ1n) is 7.22. The van der Waals surface area contributed by atoms with Crippen molar-refractivity contribution >= 4 is 17.8 Å². The molecular formula is C14H22N2O4. The molecule has 0 aromatic rings. The van der Waals surface area contributed by atoms with Crippen molar-refractivity contribution in [3.63, 3.8) is 0 Å². The Bertz CT molecular complexity index is 410. The highest BCUT2D eigenvalue weighted by atomic mass is 16.5. The van der Waals surface area contributed by atoms with Gasteiger partial charge < -0.3 is 14.5 Å². The molecule has 2 atom stereocenters. The lowest BCUT2D eigenvalue weighted by atomic mass is 9.96. The van der Waals surface area contributed by atoms with E-state index in [1.807, 2.05) is 0 Å². The number of likely N-dealkylation sites (tertiary alicyclic amines) is 2. The van der Waals surface area contributed by atoms with Gasteiger partial charge in [-0.05, 0) is 19.8 Å². The van der Waals surface area contributed by atoms with Crippen LogP contribution >= 0.6 is 0 Å². The maximum atomic E-state index is 12.4. The van der Waals surface area contributed by atoms with E-state index in [1.165, 1.54) is 0 Å². The predicted octanol–water partition coefficient (Wildman–Crippen LogP) is 0.266. The molecule has 0 spiro atoms. The van der Waals surface area contributed by atoms with Crippen LogP contribution in [0, 0.1) is 11.8 Å². The zero-order valence-electron chi connectivity index (χ0n) is 12.1. The molecule has 2 rings (SSSR count). The smallest absolute Gasteiger partial charge is 0.310 e. The van der Waals surface area contributed by atoms with Gasteiger partial charge in [0.05, 0.1) is 18.4 Å². The first kappa shape index (κ1) is 14.8. The number of amides is 2. The lowest BCUT2D eigenvalue weighted by Gasteiger charge is -2.33. The highest BCUT2D eigenvalue weighted by Crippen LogP contribution is 2.23. The van der Waals surface area contributed by atoms with Crippen LogP contribution in [-0.2, 0) is 19.1 Å². The quantitative estimate of drug-likeness (QED) is 0.697. The monoisotopic (exact) mass is 282 g/mol. The topological polar surface area (TPSA) is 66.9 Å². The summed E-state index contributed by atoms with van der Waals surface area (Å²) in [6.07, 6.45) is 1.87. The normalized spacial score (nSPS) is 26.8. The summed E-state index contributed by atoms with van der Waals surface area (Å²) in [6, 6.07) is 0. The van der Waals surface area contributed by atoms with Crippen LogP contribution < -0.4 is 0 Å². The van der Waals surface area contributed by atoms with E-state index < -0.39 is 0 Å². The second kappa shape index (κ2) is 6.24. The van der Waals surface area contributed by atoms with Gasteiger partial charge in [-0.25, -0.2) is 0 Å². The van der Waals surface area contributed by atoms with Gasteiger partial charge >= 0.3 is 5.97 Å². The Hall–Kier alpha value is -1.59. The van der Waals surface area contributed by atoms with Crippen molar-refractivity contribution in [2.45, 2.75) is 26.2 Å². The fourth-order valence-corrected chi connectivity index (χ4v) is 2.92. The molecule has 112 valence electrons. The molecule has 0 aromatic heterocycles. The molecule has 1 unspecified atom stereocenters. The number of nitrogens with zero attached hydrogens (tertiary/aromatic N) is 2. The highest BCUT2D eigenvalue weighted by molar-refractivity contribution is 5.89. The van der Waals surface area contributed by atoms with Gasteiger partial charge in [0.25, 0.3) is 0 Å². The van der Waals surface area contributed by atoms with Crippen LogP contribution in [0.3, 0.4) is 0 Å². The van der Waals surface area contributed by atoms with Crippen molar-refractivity contribution in [2.75, 3.05) is 33.3 Å². The van der Waals surface area contributed by atoms with Crippen LogP contribution in [0.5, 0.6) is 0 Å². The molecule has 2 saturated heterocycles. The van der Waals surface area contributed by atoms with Crippen molar-refractivity contribution in [1.29, 1.82) is 0 Å². The van der Waals surface area contributed by atoms with E-state index in [2.05, 4.69) is 0 Å². The van der Waals surface area contributed by atoms with Gasteiger partial charge in [0.15, 0.2) is 0 Å². The Morgan fingerprint density at radius 1 is 1.30 bits per heavy atom. The molecular weight excluding hydrogens is 260 g/mol. The molecule has 0 N–H and O–H groups in total. The fourth-order valence-electron chi connectivity index (χ4n) is 2.92. The van der Waals surface area contributed by atoms with Gasteiger partial charge in [-0.2, -0.15) is 0 Å². The summed E-state index contributed by atoms with van der Waals surface area (Å²) >= 11 is 0. The molecule has 0 saturated carbocycles. The van der Waals surface area contributed by atoms with Gasteiger partial charge in [-0.3, -0.25) is 14.4 Å². The molecule has 6 nitrogen and oxygen atoms in total. The summed E-state index contributed by atoms with van der Waals surface area (Å²) in [5.74, 6) is -0.681. The summed E-state index contributed by atoms with van der Waals surface area (Å²) in [7, 11) is 1.72. The molecule has 2 fully saturated rings. The zero-order chi connectivity index (χ0) is 14.7. The molecule has 0 bridgehead atoms. The Balaban J connectivity index is 1.93. The highest BCUT2D eigenvalue weighted by Gasteiger charge is 2.37. The molecule has 2 aliphatic rings. The number of carbonyl (C=O) groups is 3. The number of piperidine rings is 1. The van der Waals surface area contributed by atoms with Crippen molar-refractivity contribution in [1.82, 2.24) is 9.80 Å². The van der Waals surface area contributed by atoms with Crippen LogP contribution in [0.15, 0.2) is 0 Å². The first-order valence-corrected chi connectivity index (χ1v) is 7.22. The molecule has 6 heteroatoms. The van der Waals surface area contributed by atoms with Crippen molar-refractivity contribution in [3.05, 3.63) is 0 Å². The third-order valence-corrected chi connectivity index (χ3v) is 4.04. The number of ether oxygens (including phenoxy) is 1. The summed E-state index contributed by atoms with van der Waals surface area (Å²) in [4.78, 5) is 39.0. The molecule has 2 amide bonds. The largest absolute Gasteiger partial charge is 0.466 e. The molecule has 2 heterocycles. The van der Waals surface area contributed by atoms with Gasteiger partial charge in [-0.1, -0.05) is 0 Å². The Morgan fingerprint density at radius 3 is 2.65 bits per heavy atom. The van der Waals surface area contributed by atoms with Crippen molar-refractivity contribution in [2.24, 2.45) is 11.8 Å². The number of hydrogen-bond acceptors (Lipinski definition) is 4. The fraction of sp³-hybridized carbons (Fsp3) is 0.786. The Labute approximate surface area is 119 Å². The summed E-state index contributed by atoms with van der Waals surface area (Å²) in [5, 5.41) is 0. The van der Waals surface area contributed by atoms with E-state index in [0.717, 1.165) is 12.8 Å². The lowest BCUT2D eigenvalue weighted by molar-refractivity contribution is -0.152. The zero-order valence-corrected chi connectivity index (χ0v) is 12.1. The van der Waals surface area contributed by atoms with Gasteiger partial charge in [0.1, 0.15) is 0 Å². The van der Waals surface area contributed by atoms with E-state index in [4.69, 9.17) is 4.74 Å². The SMILES string of the molecule is CCOC(=O)[C@@H]1CCCN(C(=O)C2CC(=O)N(C)C2)C1. The predicted molar refractivity (Wildman–Crippen MR) is 71.7 cm³/mol. The number of esters is 1. The van der Waals surface area contributed by atoms with Gasteiger partial charge in [0.2, 0.25) is 11.8 Å². The minimum absolute atomic E-state index is 0.00306. The number of hydrogen-bond donors (Lipinski definition) is 0. The maximum absolute atomic E-state index is 12.4. The second-order valence-corrected chi connectivity index (χ2v) is 5.55. The third kappa shape index (κ3) is 3.11. The Kier molecular flexibility index (Phi) is 4.62. The van der Waals surface area contributed by atoms with Crippen molar-refractivity contribution in [3.8, 4) is 0 Å². The maximum Gasteiger partial charge on any atom is 0.310 e. The van der Waals surface area contributed by atoms with E-state index in [1.54, 1.807) is 23.8 Å². The van der Waals surface area contributed by atoms with Crippen molar-refractivity contribution < 1.29 is 19.1 Å². The minimum Gasteiger partial charge on any atom is -0.466 e. The average molecular weight is 282 g/mol. The molecule has 0 radical (unpaired) electrons. The van der Waals surface area contributed by atoms with Crippen LogP contribution in [0.1, 0.15) is 26.2 Å². The van der Waals surface area contributed by atoms with E-state index >= 15 is 0 Å². The minimum atomic E-state index is -0.256. The lowest BCUT2D eigenvalue weighted by Crippen LogP contribution is -2.45. The summed E-state index contributed by atoms with van der Waals surface area (Å²) < 4.78 is 5.03. The first-order chi connectivity index (χ1) is 9.52. The molecule has 0 aliphatic carbocycles. The van der Waals surface area contributed by atoms with E-state index in [-0.39, 0.29) is 36.0 Å².